The van der Waals surface area contributed by atoms with Crippen molar-refractivity contribution in [3.8, 4) is 57.1 Å². The summed E-state index contributed by atoms with van der Waals surface area (Å²) in [5.41, 5.74) is -1.01. The molecule has 3 fully saturated rings. The van der Waals surface area contributed by atoms with Crippen LogP contribution in [0.15, 0.2) is 69.9 Å². The highest BCUT2D eigenvalue weighted by Crippen LogP contribution is 2.42. The Labute approximate surface area is 403 Å². The van der Waals surface area contributed by atoms with Crippen molar-refractivity contribution in [1.82, 2.24) is 0 Å². The first-order valence-electron chi connectivity index (χ1n) is 21.5. The lowest BCUT2D eigenvalue weighted by Crippen LogP contribution is -2.60. The molecule has 0 bridgehead atoms. The second-order valence-corrected chi connectivity index (χ2v) is 16.5. The Morgan fingerprint density at radius 1 is 0.583 bits per heavy atom. The number of carboxylic acids is 1. The number of carbonyl (C=O) groups is 3. The third kappa shape index (κ3) is 11.8. The zero-order valence-electron chi connectivity index (χ0n) is 36.9. The number of ether oxygens (including phenoxy) is 8. The molecule has 0 spiro atoms. The number of hydrogen-bond acceptors (Lipinski definition) is 26. The van der Waals surface area contributed by atoms with Crippen LogP contribution in [-0.4, -0.2) is 201 Å². The van der Waals surface area contributed by atoms with Crippen molar-refractivity contribution in [2.24, 2.45) is 0 Å². The molecule has 0 saturated carbocycles. The van der Waals surface area contributed by atoms with Gasteiger partial charge in [-0.25, -0.2) is 4.79 Å². The Morgan fingerprint density at radius 2 is 1.14 bits per heavy atom. The van der Waals surface area contributed by atoms with Crippen molar-refractivity contribution in [2.45, 2.75) is 98.5 Å². The van der Waals surface area contributed by atoms with Crippen molar-refractivity contribution in [1.29, 1.82) is 0 Å². The van der Waals surface area contributed by atoms with Crippen LogP contribution in [0.25, 0.3) is 28.7 Å². The fourth-order valence-corrected chi connectivity index (χ4v) is 7.49. The SMILES string of the molecule is O=C(O)CC(=O)OC[C@@H]1O[C@@H](Oc2cc3c(=O)cc(O[C@@H]4O[C@H](COC(=O)C=Cc5ccc(O)c(O)c5)[C@@H](O)[C@H](O)[C@@H]4O)cc-3oc2-c2ccc(O)c(O[C@@H]3O[C@@H](CO)[C@@H](O)[C@H](O)[C@@H]3O)c2)[C@H](O)[C@@H](O)[C@@H]1O. The van der Waals surface area contributed by atoms with Gasteiger partial charge in [0, 0.05) is 23.8 Å². The quantitative estimate of drug-likeness (QED) is 0.0223. The highest BCUT2D eigenvalue weighted by molar-refractivity contribution is 5.90. The smallest absolute Gasteiger partial charge is 0.330 e. The predicted octanol–water partition coefficient (Wildman–Crippen LogP) is -3.65. The molecule has 4 aliphatic heterocycles. The summed E-state index contributed by atoms with van der Waals surface area (Å²) in [6, 6.07) is 10.0. The molecular weight excluding hydrogens is 972 g/mol. The number of esters is 2. The van der Waals surface area contributed by atoms with Crippen molar-refractivity contribution in [3.05, 3.63) is 76.5 Å². The maximum absolute atomic E-state index is 13.8. The van der Waals surface area contributed by atoms with Crippen molar-refractivity contribution < 1.29 is 128 Å². The van der Waals surface area contributed by atoms with Gasteiger partial charge in [-0.05, 0) is 48.0 Å². The Morgan fingerprint density at radius 3 is 1.74 bits per heavy atom. The third-order valence-corrected chi connectivity index (χ3v) is 11.4. The predicted molar refractivity (Wildman–Crippen MR) is 231 cm³/mol. The van der Waals surface area contributed by atoms with E-state index < -0.39 is 176 Å². The summed E-state index contributed by atoms with van der Waals surface area (Å²) >= 11 is 0. The van der Waals surface area contributed by atoms with E-state index in [1.165, 1.54) is 24.3 Å². The summed E-state index contributed by atoms with van der Waals surface area (Å²) in [4.78, 5) is 49.2. The third-order valence-electron chi connectivity index (χ3n) is 11.4. The van der Waals surface area contributed by atoms with E-state index in [1.807, 2.05) is 0 Å². The largest absolute Gasteiger partial charge is 0.504 e. The first kappa shape index (κ1) is 53.1. The van der Waals surface area contributed by atoms with Crippen LogP contribution in [-0.2, 0) is 38.1 Å². The molecule has 5 aliphatic rings. The first-order chi connectivity index (χ1) is 34.1. The fourth-order valence-electron chi connectivity index (χ4n) is 7.49. The monoisotopic (exact) mass is 1020 g/mol. The number of carbonyl (C=O) groups excluding carboxylic acids is 2. The molecule has 3 saturated heterocycles. The van der Waals surface area contributed by atoms with E-state index in [2.05, 4.69) is 0 Å². The second kappa shape index (κ2) is 22.4. The molecule has 7 rings (SSSR count). The first-order valence-corrected chi connectivity index (χ1v) is 21.5. The summed E-state index contributed by atoms with van der Waals surface area (Å²) in [7, 11) is 0. The van der Waals surface area contributed by atoms with Crippen LogP contribution in [0.3, 0.4) is 0 Å². The van der Waals surface area contributed by atoms with Gasteiger partial charge >= 0.3 is 17.9 Å². The van der Waals surface area contributed by atoms with Gasteiger partial charge in [0.1, 0.15) is 104 Å². The standard InChI is InChI=1S/C45H48O27/c46-13-27-33(55)36(58)40(62)44(70-27)68-25-8-17(3-5-21(25)48)42-26(69-45-41(63)38(60)35(57)29(72-45)15-65-32(54)12-30(51)52)11-19-22(49)9-18(10-24(19)67-42)66-43-39(61)37(59)34(56)28(71-43)14-64-31(53)6-2-16-1-4-20(47)23(50)7-16/h1-11,27-29,33-41,43-48,50,55-63H,12-15H2,(H,51,52)/t27-,28+,29-,33+,34+,35+,36-,37-,38-,39-,40-,41+,43+,44+,45+/m0/s1. The molecule has 390 valence electrons. The maximum atomic E-state index is 13.8. The average molecular weight is 1020 g/mol. The number of phenolic OH excluding ortho intramolecular Hbond substituents is 3. The Hall–Kier alpha value is -6.70. The molecular formula is C45H48O27. The van der Waals surface area contributed by atoms with Gasteiger partial charge in [-0.1, -0.05) is 6.07 Å². The number of benzene rings is 3. The number of rotatable bonds is 16. The Bertz CT molecular complexity index is 2630. The Balaban J connectivity index is 1.19. The van der Waals surface area contributed by atoms with Crippen LogP contribution >= 0.6 is 0 Å². The van der Waals surface area contributed by atoms with Gasteiger partial charge in [0.05, 0.1) is 12.2 Å². The molecule has 2 aromatic rings. The van der Waals surface area contributed by atoms with Crippen LogP contribution in [0.5, 0.6) is 34.5 Å². The van der Waals surface area contributed by atoms with Crippen LogP contribution in [0, 0.1) is 0 Å². The number of phenols is 3. The lowest BCUT2D eigenvalue weighted by Gasteiger charge is -2.40. The fraction of sp³-hybridized carbons (Fsp3) is 0.422. The molecule has 0 unspecified atom stereocenters. The molecule has 14 N–H and O–H groups in total. The minimum absolute atomic E-state index is 0.121. The number of aromatic hydroxyl groups is 3. The van der Waals surface area contributed by atoms with Gasteiger partial charge in [-0.15, -0.1) is 0 Å². The van der Waals surface area contributed by atoms with E-state index in [4.69, 9.17) is 47.4 Å². The van der Waals surface area contributed by atoms with Crippen LogP contribution in [0.1, 0.15) is 12.0 Å². The number of aliphatic hydroxyl groups is 10. The molecule has 27 heteroatoms. The minimum atomic E-state index is -2.08. The highest BCUT2D eigenvalue weighted by Gasteiger charge is 2.48. The van der Waals surface area contributed by atoms with Crippen LogP contribution < -0.4 is 19.6 Å². The van der Waals surface area contributed by atoms with Gasteiger partial charge in [-0.3, -0.25) is 14.4 Å². The topological polar surface area (TPSA) is 438 Å². The van der Waals surface area contributed by atoms with Gasteiger partial charge in [-0.2, -0.15) is 0 Å². The molecule has 2 aromatic carbocycles. The van der Waals surface area contributed by atoms with E-state index in [1.54, 1.807) is 0 Å². The molecule has 15 atom stereocenters. The van der Waals surface area contributed by atoms with E-state index in [-0.39, 0.29) is 22.6 Å². The summed E-state index contributed by atoms with van der Waals surface area (Å²) < 4.78 is 50.2. The summed E-state index contributed by atoms with van der Waals surface area (Å²) in [6.45, 7) is -2.38. The van der Waals surface area contributed by atoms with E-state index in [0.29, 0.717) is 5.56 Å². The zero-order valence-corrected chi connectivity index (χ0v) is 36.9. The van der Waals surface area contributed by atoms with Gasteiger partial charge in [0.15, 0.2) is 39.9 Å². The van der Waals surface area contributed by atoms with E-state index >= 15 is 0 Å². The number of aliphatic hydroxyl groups excluding tert-OH is 10. The molecule has 1 aliphatic carbocycles. The number of hydrogen-bond donors (Lipinski definition) is 14. The molecule has 72 heavy (non-hydrogen) atoms. The molecule has 0 radical (unpaired) electrons. The summed E-state index contributed by atoms with van der Waals surface area (Å²) in [5.74, 6) is -7.33. The molecule has 0 aromatic heterocycles. The van der Waals surface area contributed by atoms with E-state index in [9.17, 15) is 85.6 Å². The summed E-state index contributed by atoms with van der Waals surface area (Å²) in [5, 5.41) is 144. The molecule has 4 heterocycles. The number of fused-ring (bicyclic) bond motifs is 1. The Kier molecular flexibility index (Phi) is 16.5. The van der Waals surface area contributed by atoms with Crippen molar-refractivity contribution >= 4 is 24.0 Å². The van der Waals surface area contributed by atoms with Crippen molar-refractivity contribution in [3.63, 3.8) is 0 Å². The van der Waals surface area contributed by atoms with Gasteiger partial charge in [0.25, 0.3) is 0 Å². The minimum Gasteiger partial charge on any atom is -0.504 e. The number of aliphatic carboxylic acids is 1. The second-order valence-electron chi connectivity index (χ2n) is 16.5. The van der Waals surface area contributed by atoms with E-state index in [0.717, 1.165) is 42.5 Å². The number of carboxylic acid groups (broad SMARTS) is 1. The molecule has 27 nitrogen and oxygen atoms in total. The lowest BCUT2D eigenvalue weighted by atomic mass is 9.99. The van der Waals surface area contributed by atoms with Gasteiger partial charge < -0.3 is 114 Å². The maximum Gasteiger partial charge on any atom is 0.330 e. The normalized spacial score (nSPS) is 30.7. The lowest BCUT2D eigenvalue weighted by molar-refractivity contribution is -0.278. The van der Waals surface area contributed by atoms with Gasteiger partial charge in [0.2, 0.25) is 18.9 Å². The summed E-state index contributed by atoms with van der Waals surface area (Å²) in [6.07, 6.45) is -26.6. The molecule has 0 amide bonds. The highest BCUT2D eigenvalue weighted by atomic mass is 16.7. The van der Waals surface area contributed by atoms with Crippen LogP contribution in [0.4, 0.5) is 0 Å². The average Bonchev–Trinajstić information content (AvgIpc) is 3.34. The zero-order chi connectivity index (χ0) is 52.3. The van der Waals surface area contributed by atoms with Crippen molar-refractivity contribution in [2.75, 3.05) is 19.8 Å². The van der Waals surface area contributed by atoms with Crippen LogP contribution in [0.2, 0.25) is 0 Å².